The molecule has 1 heterocycles. The topological polar surface area (TPSA) is 20.3 Å². The van der Waals surface area contributed by atoms with E-state index in [4.69, 9.17) is 0 Å². The molecule has 1 aliphatic heterocycles. The second-order valence-corrected chi connectivity index (χ2v) is 11.3. The van der Waals surface area contributed by atoms with Crippen LogP contribution >= 0.6 is 0 Å². The normalized spacial score (nSPS) is 13.6. The first-order valence-electron chi connectivity index (χ1n) is 16.1. The summed E-state index contributed by atoms with van der Waals surface area (Å²) >= 11 is 0. The fraction of sp³-hybridized carbons (Fsp3) is 0.969. The molecule has 34 heavy (non-hydrogen) atoms. The molecule has 0 atom stereocenters. The second kappa shape index (κ2) is 25.6. The van der Waals surface area contributed by atoms with Gasteiger partial charge in [0.05, 0.1) is 0 Å². The van der Waals surface area contributed by atoms with Gasteiger partial charge in [-0.2, -0.15) is 0 Å². The van der Waals surface area contributed by atoms with Gasteiger partial charge in [0.15, 0.2) is 0 Å². The number of rotatable bonds is 28. The Morgan fingerprint density at radius 2 is 0.706 bits per heavy atom. The lowest BCUT2D eigenvalue weighted by Crippen LogP contribution is -2.43. The predicted molar refractivity (Wildman–Crippen MR) is 152 cm³/mol. The molecule has 1 aliphatic rings. The summed E-state index contributed by atoms with van der Waals surface area (Å²) in [6, 6.07) is 0. The number of amides is 1. The second-order valence-electron chi connectivity index (χ2n) is 11.3. The van der Waals surface area contributed by atoms with E-state index in [9.17, 15) is 4.79 Å². The highest BCUT2D eigenvalue weighted by Gasteiger charge is 2.22. The zero-order valence-corrected chi connectivity index (χ0v) is 23.6. The quantitative estimate of drug-likeness (QED) is 0.0810. The Balaban J connectivity index is 1.60. The zero-order valence-electron chi connectivity index (χ0n) is 23.6. The average molecular weight is 478 g/mol. The summed E-state index contributed by atoms with van der Waals surface area (Å²) in [7, 11) is 0. The predicted octanol–water partition coefficient (Wildman–Crippen LogP) is 10.8. The lowest BCUT2D eigenvalue weighted by molar-refractivity contribution is -0.139. The van der Waals surface area contributed by atoms with Crippen molar-refractivity contribution in [2.24, 2.45) is 0 Å². The summed E-state index contributed by atoms with van der Waals surface area (Å²) in [5, 5.41) is 0. The minimum Gasteiger partial charge on any atom is -0.342 e. The van der Waals surface area contributed by atoms with Crippen LogP contribution in [-0.4, -0.2) is 23.9 Å². The summed E-state index contributed by atoms with van der Waals surface area (Å²) in [4.78, 5) is 13.2. The van der Waals surface area contributed by atoms with Crippen molar-refractivity contribution in [1.82, 2.24) is 4.90 Å². The highest BCUT2D eigenvalue weighted by molar-refractivity contribution is 5.81. The number of β-lactam (4-membered cyclic amide) rings is 1. The molecule has 0 aromatic rings. The maximum Gasteiger partial charge on any atom is 0.224 e. The summed E-state index contributed by atoms with van der Waals surface area (Å²) < 4.78 is 0. The number of hydrogen-bond donors (Lipinski definition) is 0. The molecule has 1 fully saturated rings. The third kappa shape index (κ3) is 20.8. The lowest BCUT2D eigenvalue weighted by Gasteiger charge is -2.30. The smallest absolute Gasteiger partial charge is 0.224 e. The van der Waals surface area contributed by atoms with Crippen LogP contribution < -0.4 is 0 Å². The van der Waals surface area contributed by atoms with E-state index in [1.165, 1.54) is 173 Å². The Kier molecular flexibility index (Phi) is 23.7. The molecule has 2 heteroatoms. The van der Waals surface area contributed by atoms with Gasteiger partial charge in [-0.05, 0) is 6.42 Å². The first kappa shape index (κ1) is 31.5. The fourth-order valence-corrected chi connectivity index (χ4v) is 5.39. The van der Waals surface area contributed by atoms with E-state index in [0.717, 1.165) is 19.5 Å². The number of carbonyl (C=O) groups is 1. The molecule has 2 nitrogen and oxygen atoms in total. The molecule has 0 radical (unpaired) electrons. The molecule has 0 aromatic carbocycles. The van der Waals surface area contributed by atoms with E-state index < -0.39 is 0 Å². The van der Waals surface area contributed by atoms with Crippen LogP contribution in [0.1, 0.15) is 187 Å². The third-order valence-electron chi connectivity index (χ3n) is 7.98. The fourth-order valence-electron chi connectivity index (χ4n) is 5.39. The van der Waals surface area contributed by atoms with Gasteiger partial charge >= 0.3 is 0 Å². The van der Waals surface area contributed by atoms with Crippen molar-refractivity contribution in [3.8, 4) is 0 Å². The van der Waals surface area contributed by atoms with E-state index in [0.29, 0.717) is 5.91 Å². The minimum atomic E-state index is 0.370. The minimum absolute atomic E-state index is 0.370. The van der Waals surface area contributed by atoms with E-state index in [-0.39, 0.29) is 0 Å². The Labute approximate surface area is 215 Å². The van der Waals surface area contributed by atoms with Crippen LogP contribution in [0.4, 0.5) is 0 Å². The average Bonchev–Trinajstić information content (AvgIpc) is 2.84. The SMILES string of the molecule is CCCCCCCCCCCCCCCCCCCCCCCCCCCCCN1CCC1=O. The van der Waals surface area contributed by atoms with Crippen LogP contribution in [0.5, 0.6) is 0 Å². The van der Waals surface area contributed by atoms with Gasteiger partial charge in [-0.1, -0.05) is 174 Å². The van der Waals surface area contributed by atoms with Crippen molar-refractivity contribution >= 4 is 5.91 Å². The van der Waals surface area contributed by atoms with E-state index in [1.807, 2.05) is 4.90 Å². The molecule has 1 saturated heterocycles. The van der Waals surface area contributed by atoms with Crippen molar-refractivity contribution in [2.45, 2.75) is 187 Å². The molecule has 0 bridgehead atoms. The first-order valence-corrected chi connectivity index (χ1v) is 16.1. The Morgan fingerprint density at radius 3 is 0.912 bits per heavy atom. The van der Waals surface area contributed by atoms with Crippen LogP contribution in [-0.2, 0) is 4.79 Å². The monoisotopic (exact) mass is 477 g/mol. The van der Waals surface area contributed by atoms with Crippen LogP contribution in [0.2, 0.25) is 0 Å². The largest absolute Gasteiger partial charge is 0.342 e. The molecule has 0 N–H and O–H groups in total. The Hall–Kier alpha value is -0.530. The maximum absolute atomic E-state index is 11.2. The molecular formula is C32H63NO. The first-order chi connectivity index (χ1) is 16.8. The van der Waals surface area contributed by atoms with Gasteiger partial charge in [0, 0.05) is 19.5 Å². The summed E-state index contributed by atoms with van der Waals surface area (Å²) in [6.45, 7) is 4.33. The zero-order chi connectivity index (χ0) is 24.4. The summed E-state index contributed by atoms with van der Waals surface area (Å²) in [6.07, 6.45) is 39.7. The number of nitrogens with zero attached hydrogens (tertiary/aromatic N) is 1. The molecular weight excluding hydrogens is 414 g/mol. The van der Waals surface area contributed by atoms with Gasteiger partial charge in [0.1, 0.15) is 0 Å². The van der Waals surface area contributed by atoms with Crippen LogP contribution in [0.15, 0.2) is 0 Å². The number of carbonyl (C=O) groups excluding carboxylic acids is 1. The van der Waals surface area contributed by atoms with E-state index in [1.54, 1.807) is 0 Å². The molecule has 202 valence electrons. The molecule has 0 saturated carbocycles. The van der Waals surface area contributed by atoms with Gasteiger partial charge in [-0.3, -0.25) is 4.79 Å². The van der Waals surface area contributed by atoms with Crippen LogP contribution in [0, 0.1) is 0 Å². The van der Waals surface area contributed by atoms with Crippen LogP contribution in [0.25, 0.3) is 0 Å². The lowest BCUT2D eigenvalue weighted by atomic mass is 10.0. The van der Waals surface area contributed by atoms with Gasteiger partial charge in [0.2, 0.25) is 5.91 Å². The van der Waals surface area contributed by atoms with Gasteiger partial charge in [-0.25, -0.2) is 0 Å². The third-order valence-corrected chi connectivity index (χ3v) is 7.98. The number of unbranched alkanes of at least 4 members (excludes halogenated alkanes) is 26. The molecule has 0 unspecified atom stereocenters. The Morgan fingerprint density at radius 1 is 0.441 bits per heavy atom. The highest BCUT2D eigenvalue weighted by Crippen LogP contribution is 2.16. The molecule has 0 aromatic heterocycles. The van der Waals surface area contributed by atoms with Crippen molar-refractivity contribution in [3.05, 3.63) is 0 Å². The van der Waals surface area contributed by atoms with Crippen molar-refractivity contribution < 1.29 is 4.79 Å². The summed E-state index contributed by atoms with van der Waals surface area (Å²) in [5.41, 5.74) is 0. The molecule has 1 amide bonds. The van der Waals surface area contributed by atoms with Crippen molar-refractivity contribution in [2.75, 3.05) is 13.1 Å². The standard InChI is InChI=1S/C32H63NO/c1-2-3-4-5-6-7-8-9-10-11-12-13-14-15-16-17-18-19-20-21-22-23-24-25-26-27-28-30-33-31-29-32(33)34/h2-31H2,1H3. The van der Waals surface area contributed by atoms with Crippen LogP contribution in [0.3, 0.4) is 0 Å². The molecule has 0 spiro atoms. The molecule has 0 aliphatic carbocycles. The maximum atomic E-state index is 11.2. The summed E-state index contributed by atoms with van der Waals surface area (Å²) in [5.74, 6) is 0.370. The number of hydrogen-bond acceptors (Lipinski definition) is 1. The van der Waals surface area contributed by atoms with E-state index in [2.05, 4.69) is 6.92 Å². The highest BCUT2D eigenvalue weighted by atomic mass is 16.2. The van der Waals surface area contributed by atoms with E-state index >= 15 is 0 Å². The molecule has 1 rings (SSSR count). The number of likely N-dealkylation sites (tertiary alicyclic amines) is 1. The Bertz CT molecular complexity index is 421. The van der Waals surface area contributed by atoms with Gasteiger partial charge in [-0.15, -0.1) is 0 Å². The van der Waals surface area contributed by atoms with Gasteiger partial charge in [0.25, 0.3) is 0 Å². The van der Waals surface area contributed by atoms with Gasteiger partial charge < -0.3 is 4.90 Å². The van der Waals surface area contributed by atoms with Crippen molar-refractivity contribution in [1.29, 1.82) is 0 Å². The van der Waals surface area contributed by atoms with Crippen molar-refractivity contribution in [3.63, 3.8) is 0 Å².